The fraction of sp³-hybridized carbons (Fsp3) is 0.259. The Morgan fingerprint density at radius 2 is 1.68 bits per heavy atom. The molecule has 0 bridgehead atoms. The van der Waals surface area contributed by atoms with Crippen molar-refractivity contribution in [1.29, 1.82) is 0 Å². The van der Waals surface area contributed by atoms with Gasteiger partial charge in [0.2, 0.25) is 5.91 Å². The summed E-state index contributed by atoms with van der Waals surface area (Å²) in [5.41, 5.74) is 0.121. The van der Waals surface area contributed by atoms with Gasteiger partial charge in [-0.25, -0.2) is 13.6 Å². The van der Waals surface area contributed by atoms with Crippen LogP contribution in [0.1, 0.15) is 35.6 Å². The number of nitrogens with one attached hydrogen (secondary N) is 2. The molecule has 1 aliphatic rings. The Kier molecular flexibility index (Phi) is 7.75. The summed E-state index contributed by atoms with van der Waals surface area (Å²) < 4.78 is 66.4. The van der Waals surface area contributed by atoms with Gasteiger partial charge in [0.25, 0.3) is 0 Å². The van der Waals surface area contributed by atoms with Crippen LogP contribution in [0.25, 0.3) is 0 Å². The number of carbonyl (C=O) groups excluding carboxylic acids is 2. The van der Waals surface area contributed by atoms with E-state index in [-0.39, 0.29) is 18.8 Å². The lowest BCUT2D eigenvalue weighted by molar-refractivity contribution is -0.137. The van der Waals surface area contributed by atoms with Crippen molar-refractivity contribution in [3.05, 3.63) is 101 Å². The SMILES string of the molecule is O=C(NCc1cccc(C(F)(F)F)c1)C1CCC(c2ccccc2)N(C(=O)Nc2ccc(F)cc2F)C1. The zero-order valence-electron chi connectivity index (χ0n) is 19.6. The van der Waals surface area contributed by atoms with Gasteiger partial charge in [-0.3, -0.25) is 4.79 Å². The van der Waals surface area contributed by atoms with E-state index < -0.39 is 47.3 Å². The van der Waals surface area contributed by atoms with E-state index in [0.29, 0.717) is 24.5 Å². The van der Waals surface area contributed by atoms with Crippen LogP contribution >= 0.6 is 0 Å². The largest absolute Gasteiger partial charge is 0.416 e. The zero-order chi connectivity index (χ0) is 26.6. The van der Waals surface area contributed by atoms with E-state index >= 15 is 0 Å². The molecule has 3 aromatic rings. The molecule has 1 saturated heterocycles. The third kappa shape index (κ3) is 6.44. The Hall–Kier alpha value is -3.95. The van der Waals surface area contributed by atoms with Crippen molar-refractivity contribution in [2.24, 2.45) is 5.92 Å². The molecule has 1 aliphatic heterocycles. The third-order valence-corrected chi connectivity index (χ3v) is 6.29. The molecule has 0 aliphatic carbocycles. The molecule has 1 heterocycles. The van der Waals surface area contributed by atoms with Crippen LogP contribution in [0.5, 0.6) is 0 Å². The lowest BCUT2D eigenvalue weighted by Crippen LogP contribution is -2.48. The molecule has 1 fully saturated rings. The molecular weight excluding hydrogens is 493 g/mol. The van der Waals surface area contributed by atoms with Crippen molar-refractivity contribution in [3.8, 4) is 0 Å². The number of anilines is 1. The summed E-state index contributed by atoms with van der Waals surface area (Å²) in [5.74, 6) is -2.76. The first kappa shape index (κ1) is 26.1. The van der Waals surface area contributed by atoms with E-state index in [1.165, 1.54) is 17.0 Å². The quantitative estimate of drug-likeness (QED) is 0.391. The monoisotopic (exact) mass is 517 g/mol. The number of hydrogen-bond acceptors (Lipinski definition) is 2. The highest BCUT2D eigenvalue weighted by molar-refractivity contribution is 5.90. The number of carbonyl (C=O) groups is 2. The standard InChI is InChI=1S/C27H24F5N3O2/c28-21-10-11-23(22(29)14-21)34-26(37)35-16-19(9-12-24(35)18-6-2-1-3-7-18)25(36)33-15-17-5-4-8-20(13-17)27(30,31)32/h1-8,10-11,13-14,19,24H,9,12,15-16H2,(H,33,36)(H,34,37). The Balaban J connectivity index is 1.48. The van der Waals surface area contributed by atoms with E-state index in [0.717, 1.165) is 29.8 Å². The molecule has 0 spiro atoms. The highest BCUT2D eigenvalue weighted by atomic mass is 19.4. The van der Waals surface area contributed by atoms with Crippen molar-refractivity contribution >= 4 is 17.6 Å². The van der Waals surface area contributed by atoms with Crippen LogP contribution in [0.4, 0.5) is 32.4 Å². The summed E-state index contributed by atoms with van der Waals surface area (Å²) in [5, 5.41) is 5.11. The van der Waals surface area contributed by atoms with Crippen LogP contribution in [-0.4, -0.2) is 23.4 Å². The predicted octanol–water partition coefficient (Wildman–Crippen LogP) is 6.29. The van der Waals surface area contributed by atoms with Gasteiger partial charge >= 0.3 is 12.2 Å². The maximum Gasteiger partial charge on any atom is 0.416 e. The topological polar surface area (TPSA) is 61.4 Å². The van der Waals surface area contributed by atoms with E-state index in [1.807, 2.05) is 30.3 Å². The van der Waals surface area contributed by atoms with Gasteiger partial charge < -0.3 is 15.5 Å². The molecule has 2 N–H and O–H groups in total. The maximum absolute atomic E-state index is 14.2. The fourth-order valence-corrected chi connectivity index (χ4v) is 4.40. The highest BCUT2D eigenvalue weighted by Gasteiger charge is 2.36. The number of benzene rings is 3. The second-order valence-corrected chi connectivity index (χ2v) is 8.82. The minimum atomic E-state index is -4.49. The second-order valence-electron chi connectivity index (χ2n) is 8.82. The van der Waals surface area contributed by atoms with Crippen LogP contribution < -0.4 is 10.6 Å². The summed E-state index contributed by atoms with van der Waals surface area (Å²) >= 11 is 0. The van der Waals surface area contributed by atoms with Gasteiger partial charge in [-0.15, -0.1) is 0 Å². The molecule has 0 radical (unpaired) electrons. The molecule has 10 heteroatoms. The minimum Gasteiger partial charge on any atom is -0.352 e. The summed E-state index contributed by atoms with van der Waals surface area (Å²) in [6.07, 6.45) is -3.62. The summed E-state index contributed by atoms with van der Waals surface area (Å²) in [6.45, 7) is -0.100. The maximum atomic E-state index is 14.2. The predicted molar refractivity (Wildman–Crippen MR) is 127 cm³/mol. The molecule has 3 amide bonds. The average molecular weight is 517 g/mol. The number of amides is 3. The molecular formula is C27H24F5N3O2. The molecule has 0 saturated carbocycles. The van der Waals surface area contributed by atoms with Crippen LogP contribution in [0.3, 0.4) is 0 Å². The minimum absolute atomic E-state index is 0.00261. The van der Waals surface area contributed by atoms with Crippen molar-refractivity contribution in [2.45, 2.75) is 31.6 Å². The molecule has 3 aromatic carbocycles. The first-order valence-corrected chi connectivity index (χ1v) is 11.6. The normalized spacial score (nSPS) is 17.8. The molecule has 0 aromatic heterocycles. The molecule has 4 rings (SSSR count). The van der Waals surface area contributed by atoms with Gasteiger partial charge in [-0.1, -0.05) is 42.5 Å². The van der Waals surface area contributed by atoms with E-state index in [1.54, 1.807) is 0 Å². The first-order chi connectivity index (χ1) is 17.6. The Morgan fingerprint density at radius 3 is 2.38 bits per heavy atom. The lowest BCUT2D eigenvalue weighted by Gasteiger charge is -2.39. The zero-order valence-corrected chi connectivity index (χ0v) is 19.6. The average Bonchev–Trinajstić information content (AvgIpc) is 2.88. The Labute approximate surface area is 210 Å². The smallest absolute Gasteiger partial charge is 0.352 e. The van der Waals surface area contributed by atoms with Crippen molar-refractivity contribution < 1.29 is 31.5 Å². The van der Waals surface area contributed by atoms with Gasteiger partial charge in [0.1, 0.15) is 11.6 Å². The van der Waals surface area contributed by atoms with Gasteiger partial charge in [-0.2, -0.15) is 13.2 Å². The fourth-order valence-electron chi connectivity index (χ4n) is 4.40. The Morgan fingerprint density at radius 1 is 0.919 bits per heavy atom. The van der Waals surface area contributed by atoms with Crippen LogP contribution in [0, 0.1) is 17.6 Å². The van der Waals surface area contributed by atoms with Crippen molar-refractivity contribution in [1.82, 2.24) is 10.2 Å². The number of urea groups is 1. The van der Waals surface area contributed by atoms with E-state index in [9.17, 15) is 31.5 Å². The van der Waals surface area contributed by atoms with Crippen molar-refractivity contribution in [2.75, 3.05) is 11.9 Å². The van der Waals surface area contributed by atoms with Crippen molar-refractivity contribution in [3.63, 3.8) is 0 Å². The molecule has 194 valence electrons. The van der Waals surface area contributed by atoms with Crippen LogP contribution in [0.2, 0.25) is 0 Å². The molecule has 2 unspecified atom stereocenters. The first-order valence-electron chi connectivity index (χ1n) is 11.6. The number of hydrogen-bond donors (Lipinski definition) is 2. The molecule has 5 nitrogen and oxygen atoms in total. The summed E-state index contributed by atoms with van der Waals surface area (Å²) in [6, 6.07) is 15.6. The van der Waals surface area contributed by atoms with Gasteiger partial charge in [0, 0.05) is 19.2 Å². The number of rotatable bonds is 5. The number of piperidine rings is 1. The summed E-state index contributed by atoms with van der Waals surface area (Å²) in [7, 11) is 0. The highest BCUT2D eigenvalue weighted by Crippen LogP contribution is 2.34. The van der Waals surface area contributed by atoms with E-state index in [2.05, 4.69) is 10.6 Å². The second kappa shape index (κ2) is 11.0. The number of nitrogens with zero attached hydrogens (tertiary/aromatic N) is 1. The van der Waals surface area contributed by atoms with E-state index in [4.69, 9.17) is 0 Å². The van der Waals surface area contributed by atoms with Crippen LogP contribution in [-0.2, 0) is 17.5 Å². The number of likely N-dealkylation sites (tertiary alicyclic amines) is 1. The van der Waals surface area contributed by atoms with Gasteiger partial charge in [0.05, 0.1) is 23.2 Å². The number of halogens is 5. The van der Waals surface area contributed by atoms with Gasteiger partial charge in [-0.05, 0) is 48.2 Å². The molecule has 37 heavy (non-hydrogen) atoms. The summed E-state index contributed by atoms with van der Waals surface area (Å²) in [4.78, 5) is 27.5. The third-order valence-electron chi connectivity index (χ3n) is 6.29. The molecule has 2 atom stereocenters. The number of alkyl halides is 3. The lowest BCUT2D eigenvalue weighted by atomic mass is 9.88. The van der Waals surface area contributed by atoms with Gasteiger partial charge in [0.15, 0.2) is 0 Å². The van der Waals surface area contributed by atoms with Crippen LogP contribution in [0.15, 0.2) is 72.8 Å². The Bertz CT molecular complexity index is 1270.